The number of hydrogen-bond donors (Lipinski definition) is 0. The highest BCUT2D eigenvalue weighted by Crippen LogP contribution is 2.36. The standard InChI is InChI=1S/C32H19F9O/c1-2-3-4-5-18-6-9-21(10-7-18)32(40,41)42-22-16-26(35)30(27(36)17-22)20-14-24(33)23(25(34)15-20)11-8-19-12-28(37)31(39)29(38)13-19/h2-3,6-7,9-10,12-17H,4-5H2,1H3/b3-2+. The van der Waals surface area contributed by atoms with E-state index in [9.17, 15) is 39.5 Å². The van der Waals surface area contributed by atoms with Crippen LogP contribution in [0.5, 0.6) is 5.75 Å². The van der Waals surface area contributed by atoms with Gasteiger partial charge in [-0.2, -0.15) is 8.78 Å². The quantitative estimate of drug-likeness (QED) is 0.0902. The van der Waals surface area contributed by atoms with Gasteiger partial charge < -0.3 is 4.74 Å². The van der Waals surface area contributed by atoms with Gasteiger partial charge in [0.1, 0.15) is 29.0 Å². The minimum atomic E-state index is -3.96. The van der Waals surface area contributed by atoms with E-state index in [1.54, 1.807) is 0 Å². The largest absolute Gasteiger partial charge is 0.429 e. The molecule has 0 aliphatic carbocycles. The molecule has 0 heterocycles. The fourth-order valence-corrected chi connectivity index (χ4v) is 3.97. The number of benzene rings is 4. The van der Waals surface area contributed by atoms with Crippen LogP contribution in [0, 0.1) is 52.6 Å². The van der Waals surface area contributed by atoms with Crippen LogP contribution in [0.1, 0.15) is 35.6 Å². The highest BCUT2D eigenvalue weighted by atomic mass is 19.3. The number of halogens is 9. The first-order valence-corrected chi connectivity index (χ1v) is 12.3. The monoisotopic (exact) mass is 590 g/mol. The summed E-state index contributed by atoms with van der Waals surface area (Å²) in [5.41, 5.74) is -2.67. The maximum absolute atomic E-state index is 14.9. The summed E-state index contributed by atoms with van der Waals surface area (Å²) in [6.07, 6.45) is 1.17. The van der Waals surface area contributed by atoms with Crippen molar-refractivity contribution in [3.8, 4) is 28.7 Å². The highest BCUT2D eigenvalue weighted by molar-refractivity contribution is 5.67. The van der Waals surface area contributed by atoms with Crippen LogP contribution >= 0.6 is 0 Å². The summed E-state index contributed by atoms with van der Waals surface area (Å²) < 4.78 is 133. The van der Waals surface area contributed by atoms with Crippen LogP contribution in [0.25, 0.3) is 11.1 Å². The molecule has 4 aromatic carbocycles. The van der Waals surface area contributed by atoms with Crippen molar-refractivity contribution in [3.63, 3.8) is 0 Å². The van der Waals surface area contributed by atoms with Crippen molar-refractivity contribution >= 4 is 0 Å². The minimum Gasteiger partial charge on any atom is -0.429 e. The molecule has 0 amide bonds. The number of ether oxygens (including phenoxy) is 1. The molecule has 0 spiro atoms. The summed E-state index contributed by atoms with van der Waals surface area (Å²) in [7, 11) is 0. The fraction of sp³-hybridized carbons (Fsp3) is 0.125. The minimum absolute atomic E-state index is 0.431. The Hall–Kier alpha value is -4.65. The Bertz CT molecular complexity index is 1650. The first-order valence-electron chi connectivity index (χ1n) is 12.3. The van der Waals surface area contributed by atoms with Gasteiger partial charge in [0.25, 0.3) is 0 Å². The molecule has 216 valence electrons. The van der Waals surface area contributed by atoms with Crippen LogP contribution < -0.4 is 4.74 Å². The van der Waals surface area contributed by atoms with Gasteiger partial charge in [-0.1, -0.05) is 36.1 Å². The van der Waals surface area contributed by atoms with E-state index in [1.165, 1.54) is 12.1 Å². The van der Waals surface area contributed by atoms with Crippen molar-refractivity contribution in [1.82, 2.24) is 0 Å². The fourth-order valence-electron chi connectivity index (χ4n) is 3.97. The summed E-state index contributed by atoms with van der Waals surface area (Å²) in [4.78, 5) is 0. The average Bonchev–Trinajstić information content (AvgIpc) is 2.91. The van der Waals surface area contributed by atoms with E-state index in [1.807, 2.05) is 25.0 Å². The SMILES string of the molecule is C/C=C/CCc1ccc(C(F)(F)Oc2cc(F)c(-c3cc(F)c(C#Cc4cc(F)c(F)c(F)c4)c(F)c3)c(F)c2)cc1. The Morgan fingerprint density at radius 3 is 1.83 bits per heavy atom. The highest BCUT2D eigenvalue weighted by Gasteiger charge is 2.35. The van der Waals surface area contributed by atoms with E-state index in [0.717, 1.165) is 24.1 Å². The van der Waals surface area contributed by atoms with Gasteiger partial charge >= 0.3 is 6.11 Å². The molecule has 0 radical (unpaired) electrons. The van der Waals surface area contributed by atoms with Gasteiger partial charge in [0.15, 0.2) is 17.5 Å². The van der Waals surface area contributed by atoms with Gasteiger partial charge in [-0.05, 0) is 67.3 Å². The Morgan fingerprint density at radius 2 is 1.29 bits per heavy atom. The third-order valence-electron chi connectivity index (χ3n) is 6.03. The zero-order chi connectivity index (χ0) is 30.6. The van der Waals surface area contributed by atoms with E-state index < -0.39 is 80.4 Å². The van der Waals surface area contributed by atoms with Gasteiger partial charge in [0, 0.05) is 17.7 Å². The molecule has 0 unspecified atom stereocenters. The van der Waals surface area contributed by atoms with Gasteiger partial charge in [-0.3, -0.25) is 0 Å². The first kappa shape index (κ1) is 30.3. The van der Waals surface area contributed by atoms with E-state index in [-0.39, 0.29) is 0 Å². The van der Waals surface area contributed by atoms with Crippen molar-refractivity contribution in [2.24, 2.45) is 0 Å². The summed E-state index contributed by atoms with van der Waals surface area (Å²) in [5, 5.41) is 0. The number of hydrogen-bond acceptors (Lipinski definition) is 1. The number of aryl methyl sites for hydroxylation is 1. The zero-order valence-electron chi connectivity index (χ0n) is 21.7. The number of allylic oxidation sites excluding steroid dienone is 2. The van der Waals surface area contributed by atoms with E-state index in [0.29, 0.717) is 42.8 Å². The molecule has 0 N–H and O–H groups in total. The molecule has 0 atom stereocenters. The smallest absolute Gasteiger partial charge is 0.426 e. The average molecular weight is 590 g/mol. The molecule has 0 fully saturated rings. The lowest BCUT2D eigenvalue weighted by molar-refractivity contribution is -0.185. The van der Waals surface area contributed by atoms with Crippen LogP contribution in [0.15, 0.2) is 72.8 Å². The van der Waals surface area contributed by atoms with Gasteiger partial charge in [-0.25, -0.2) is 30.7 Å². The molecule has 42 heavy (non-hydrogen) atoms. The van der Waals surface area contributed by atoms with Gasteiger partial charge in [0.05, 0.1) is 16.7 Å². The first-order chi connectivity index (χ1) is 19.9. The molecule has 0 bridgehead atoms. The molecule has 0 aliphatic heterocycles. The molecule has 0 saturated heterocycles. The second-order valence-electron chi connectivity index (χ2n) is 9.00. The van der Waals surface area contributed by atoms with Gasteiger partial charge in [0.2, 0.25) is 0 Å². The summed E-state index contributed by atoms with van der Waals surface area (Å²) in [6, 6.07) is 8.19. The normalized spacial score (nSPS) is 11.5. The van der Waals surface area contributed by atoms with Crippen molar-refractivity contribution in [1.29, 1.82) is 0 Å². The molecule has 0 saturated carbocycles. The predicted octanol–water partition coefficient (Wildman–Crippen LogP) is 9.36. The molecule has 0 aliphatic rings. The molecule has 10 heteroatoms. The molecule has 1 nitrogen and oxygen atoms in total. The Balaban J connectivity index is 1.58. The third kappa shape index (κ3) is 6.79. The van der Waals surface area contributed by atoms with Crippen LogP contribution in [-0.2, 0) is 12.5 Å². The van der Waals surface area contributed by atoms with Crippen molar-refractivity contribution in [2.75, 3.05) is 0 Å². The van der Waals surface area contributed by atoms with E-state index in [2.05, 4.69) is 10.7 Å². The third-order valence-corrected chi connectivity index (χ3v) is 6.03. The maximum Gasteiger partial charge on any atom is 0.426 e. The molecule has 4 rings (SSSR count). The Morgan fingerprint density at radius 1 is 0.714 bits per heavy atom. The van der Waals surface area contributed by atoms with Gasteiger partial charge in [-0.15, -0.1) is 0 Å². The maximum atomic E-state index is 14.9. The molecule has 0 aromatic heterocycles. The zero-order valence-corrected chi connectivity index (χ0v) is 21.7. The molecular weight excluding hydrogens is 571 g/mol. The lowest BCUT2D eigenvalue weighted by atomic mass is 10.0. The lowest BCUT2D eigenvalue weighted by Crippen LogP contribution is -2.22. The van der Waals surface area contributed by atoms with Crippen molar-refractivity contribution in [2.45, 2.75) is 25.9 Å². The van der Waals surface area contributed by atoms with Crippen molar-refractivity contribution < 1.29 is 44.3 Å². The molecule has 4 aromatic rings. The van der Waals surface area contributed by atoms with Crippen LogP contribution in [-0.4, -0.2) is 0 Å². The van der Waals surface area contributed by atoms with Crippen LogP contribution in [0.2, 0.25) is 0 Å². The number of rotatable bonds is 7. The predicted molar refractivity (Wildman–Crippen MR) is 138 cm³/mol. The summed E-state index contributed by atoms with van der Waals surface area (Å²) in [5.74, 6) is -7.37. The van der Waals surface area contributed by atoms with Crippen LogP contribution in [0.3, 0.4) is 0 Å². The second kappa shape index (κ2) is 12.5. The molecular formula is C32H19F9O. The van der Waals surface area contributed by atoms with Crippen LogP contribution in [0.4, 0.5) is 39.5 Å². The number of alkyl halides is 2. The second-order valence-corrected chi connectivity index (χ2v) is 9.00. The topological polar surface area (TPSA) is 9.23 Å². The summed E-state index contributed by atoms with van der Waals surface area (Å²) >= 11 is 0. The van der Waals surface area contributed by atoms with Crippen molar-refractivity contribution in [3.05, 3.63) is 136 Å². The van der Waals surface area contributed by atoms with E-state index in [4.69, 9.17) is 0 Å². The lowest BCUT2D eigenvalue weighted by Gasteiger charge is -2.19. The Kier molecular flexibility index (Phi) is 9.00. The Labute approximate surface area is 234 Å². The summed E-state index contributed by atoms with van der Waals surface area (Å²) in [6.45, 7) is 1.86. The van der Waals surface area contributed by atoms with E-state index >= 15 is 0 Å².